The van der Waals surface area contributed by atoms with Gasteiger partial charge in [-0.1, -0.05) is 51.1 Å². The van der Waals surface area contributed by atoms with Crippen LogP contribution in [0.3, 0.4) is 0 Å². The molecule has 0 aliphatic heterocycles. The van der Waals surface area contributed by atoms with Gasteiger partial charge in [0.1, 0.15) is 17.3 Å². The second-order valence-corrected chi connectivity index (χ2v) is 12.6. The minimum Gasteiger partial charge on any atom is -0.458 e. The Labute approximate surface area is 258 Å². The number of aromatic nitrogens is 4. The predicted molar refractivity (Wildman–Crippen MR) is 178 cm³/mol. The Balaban J connectivity index is 1.25. The van der Waals surface area contributed by atoms with E-state index in [1.165, 1.54) is 27.6 Å². The zero-order valence-corrected chi connectivity index (χ0v) is 26.1. The van der Waals surface area contributed by atoms with E-state index in [9.17, 15) is 0 Å². The second kappa shape index (κ2) is 10.5. The summed E-state index contributed by atoms with van der Waals surface area (Å²) in [5, 5.41) is 2.35. The van der Waals surface area contributed by atoms with Crippen LogP contribution in [0.4, 0.5) is 0 Å². The van der Waals surface area contributed by atoms with Crippen molar-refractivity contribution in [2.45, 2.75) is 47.0 Å². The molecule has 4 aromatic carbocycles. The minimum atomic E-state index is 0.0179. The molecule has 218 valence electrons. The minimum absolute atomic E-state index is 0.0179. The largest absolute Gasteiger partial charge is 0.458 e. The number of imidazole rings is 1. The van der Waals surface area contributed by atoms with E-state index in [0.717, 1.165) is 45.1 Å². The molecule has 0 spiro atoms. The van der Waals surface area contributed by atoms with Gasteiger partial charge in [0.05, 0.1) is 22.4 Å². The van der Waals surface area contributed by atoms with Crippen LogP contribution in [0.2, 0.25) is 0 Å². The topological polar surface area (TPSA) is 35.9 Å². The number of hydrogen-bond donors (Lipinski definition) is 0. The number of aryl methyl sites for hydroxylation is 1. The number of rotatable bonds is 5. The Bertz CT molecular complexity index is 2180. The number of hydrogen-bond acceptors (Lipinski definition) is 2. The van der Waals surface area contributed by atoms with E-state index in [1.54, 1.807) is 0 Å². The molecule has 0 bridgehead atoms. The van der Waals surface area contributed by atoms with Crippen molar-refractivity contribution in [3.05, 3.63) is 138 Å². The van der Waals surface area contributed by atoms with Gasteiger partial charge >= 0.3 is 0 Å². The third-order valence-corrected chi connectivity index (χ3v) is 8.69. The molecule has 0 saturated carbocycles. The molecule has 0 amide bonds. The fraction of sp³-hybridized carbons (Fsp3) is 0.179. The van der Waals surface area contributed by atoms with E-state index in [1.807, 2.05) is 52.0 Å². The van der Waals surface area contributed by atoms with Crippen molar-refractivity contribution >= 4 is 21.8 Å². The summed E-state index contributed by atoms with van der Waals surface area (Å²) >= 11 is 0. The van der Waals surface area contributed by atoms with Gasteiger partial charge in [-0.3, -0.25) is 13.7 Å². The Morgan fingerprint density at radius 2 is 1.55 bits per heavy atom. The quantitative estimate of drug-likeness (QED) is 0.151. The zero-order valence-electron chi connectivity index (χ0n) is 26.1. The van der Waals surface area contributed by atoms with Gasteiger partial charge < -0.3 is 4.74 Å². The molecule has 0 N–H and O–H groups in total. The molecule has 0 fully saturated rings. The number of pyridine rings is 1. The SMILES string of the molecule is Cc1ccc(-[n+]2[c-]n(-c3cccc(Oc4ccc5c6ccccc6n(-c6cc(C(C)(C)C)ccn6)c5c4)c3)cc2)c(C)c1C. The van der Waals surface area contributed by atoms with Crippen LogP contribution in [0.5, 0.6) is 11.5 Å². The second-order valence-electron chi connectivity index (χ2n) is 12.6. The van der Waals surface area contributed by atoms with E-state index in [2.05, 4.69) is 119 Å². The highest BCUT2D eigenvalue weighted by molar-refractivity contribution is 6.09. The van der Waals surface area contributed by atoms with Crippen LogP contribution in [0.1, 0.15) is 43.0 Å². The zero-order chi connectivity index (χ0) is 30.6. The highest BCUT2D eigenvalue weighted by Gasteiger charge is 2.18. The van der Waals surface area contributed by atoms with Gasteiger partial charge in [-0.05, 0) is 103 Å². The van der Waals surface area contributed by atoms with Crippen molar-refractivity contribution in [3.8, 4) is 28.7 Å². The molecule has 0 unspecified atom stereocenters. The Morgan fingerprint density at radius 1 is 0.750 bits per heavy atom. The maximum atomic E-state index is 6.49. The fourth-order valence-corrected chi connectivity index (χ4v) is 5.90. The van der Waals surface area contributed by atoms with Gasteiger partial charge in [-0.2, -0.15) is 0 Å². The Hall–Kier alpha value is -5.16. The molecule has 44 heavy (non-hydrogen) atoms. The summed E-state index contributed by atoms with van der Waals surface area (Å²) in [4.78, 5) is 4.81. The van der Waals surface area contributed by atoms with Gasteiger partial charge in [0.2, 0.25) is 0 Å². The molecular weight excluding hydrogens is 540 g/mol. The normalized spacial score (nSPS) is 11.9. The molecule has 0 saturated heterocycles. The lowest BCUT2D eigenvalue weighted by molar-refractivity contribution is -0.599. The number of fused-ring (bicyclic) bond motifs is 3. The standard InChI is InChI=1S/C39H36N4O/c1-26-14-17-35(28(3)27(26)2)42-21-20-41(25-42)30-10-9-11-31(23-30)44-32-15-16-34-33-12-7-8-13-36(33)43(37(34)24-32)38-22-29(18-19-40-38)39(4,5)6/h7-24H,1-6H3. The summed E-state index contributed by atoms with van der Waals surface area (Å²) in [7, 11) is 0. The summed E-state index contributed by atoms with van der Waals surface area (Å²) in [6.07, 6.45) is 9.45. The molecule has 0 atom stereocenters. The maximum absolute atomic E-state index is 6.49. The fourth-order valence-electron chi connectivity index (χ4n) is 5.90. The first kappa shape index (κ1) is 27.7. The molecule has 0 aliphatic carbocycles. The van der Waals surface area contributed by atoms with Crippen molar-refractivity contribution in [3.63, 3.8) is 0 Å². The summed E-state index contributed by atoms with van der Waals surface area (Å²) in [5.41, 5.74) is 9.40. The number of ether oxygens (including phenoxy) is 1. The molecule has 3 heterocycles. The number of nitrogens with zero attached hydrogens (tertiary/aromatic N) is 4. The van der Waals surface area contributed by atoms with Crippen LogP contribution in [-0.2, 0) is 5.41 Å². The molecule has 5 nitrogen and oxygen atoms in total. The van der Waals surface area contributed by atoms with Crippen LogP contribution in [0.15, 0.2) is 110 Å². The van der Waals surface area contributed by atoms with Gasteiger partial charge in [-0.25, -0.2) is 4.98 Å². The molecule has 3 aromatic heterocycles. The van der Waals surface area contributed by atoms with E-state index < -0.39 is 0 Å². The summed E-state index contributed by atoms with van der Waals surface area (Å²) in [5.74, 6) is 2.43. The third-order valence-electron chi connectivity index (χ3n) is 8.69. The first-order chi connectivity index (χ1) is 21.2. The Kier molecular flexibility index (Phi) is 6.62. The highest BCUT2D eigenvalue weighted by atomic mass is 16.5. The van der Waals surface area contributed by atoms with Gasteiger partial charge in [0.25, 0.3) is 6.33 Å². The van der Waals surface area contributed by atoms with E-state index in [0.29, 0.717) is 0 Å². The van der Waals surface area contributed by atoms with Crippen molar-refractivity contribution in [1.82, 2.24) is 14.1 Å². The van der Waals surface area contributed by atoms with Gasteiger partial charge in [0.15, 0.2) is 0 Å². The number of benzene rings is 4. The van der Waals surface area contributed by atoms with E-state index in [4.69, 9.17) is 9.72 Å². The van der Waals surface area contributed by atoms with E-state index >= 15 is 0 Å². The monoisotopic (exact) mass is 576 g/mol. The lowest BCUT2D eigenvalue weighted by atomic mass is 9.88. The van der Waals surface area contributed by atoms with Crippen LogP contribution >= 0.6 is 0 Å². The van der Waals surface area contributed by atoms with Crippen molar-refractivity contribution in [2.75, 3.05) is 0 Å². The number of para-hydroxylation sites is 1. The summed E-state index contributed by atoms with van der Waals surface area (Å²) in [6.45, 7) is 13.2. The van der Waals surface area contributed by atoms with E-state index in [-0.39, 0.29) is 5.41 Å². The lowest BCUT2D eigenvalue weighted by Gasteiger charge is -2.20. The molecule has 7 rings (SSSR count). The van der Waals surface area contributed by atoms with Crippen molar-refractivity contribution < 1.29 is 9.30 Å². The average Bonchev–Trinajstić information content (AvgIpc) is 3.63. The third kappa shape index (κ3) is 4.84. The molecule has 0 radical (unpaired) electrons. The molecule has 7 aromatic rings. The lowest BCUT2D eigenvalue weighted by Crippen LogP contribution is -2.29. The Morgan fingerprint density at radius 3 is 2.39 bits per heavy atom. The summed E-state index contributed by atoms with van der Waals surface area (Å²) in [6, 6.07) is 31.5. The maximum Gasteiger partial charge on any atom is 0.268 e. The molecule has 0 aliphatic rings. The molecule has 5 heteroatoms. The highest BCUT2D eigenvalue weighted by Crippen LogP contribution is 2.36. The van der Waals surface area contributed by atoms with Crippen LogP contribution in [0, 0.1) is 27.1 Å². The first-order valence-corrected chi connectivity index (χ1v) is 15.1. The van der Waals surface area contributed by atoms with Crippen LogP contribution in [-0.4, -0.2) is 14.1 Å². The van der Waals surface area contributed by atoms with Crippen LogP contribution in [0.25, 0.3) is 39.0 Å². The van der Waals surface area contributed by atoms with Gasteiger partial charge in [-0.15, -0.1) is 0 Å². The van der Waals surface area contributed by atoms with Crippen molar-refractivity contribution in [2.24, 2.45) is 0 Å². The predicted octanol–water partition coefficient (Wildman–Crippen LogP) is 9.06. The smallest absolute Gasteiger partial charge is 0.268 e. The van der Waals surface area contributed by atoms with Crippen molar-refractivity contribution in [1.29, 1.82) is 0 Å². The summed E-state index contributed by atoms with van der Waals surface area (Å²) < 4.78 is 12.8. The van der Waals surface area contributed by atoms with Crippen LogP contribution < -0.4 is 9.30 Å². The first-order valence-electron chi connectivity index (χ1n) is 15.1. The van der Waals surface area contributed by atoms with Gasteiger partial charge in [0, 0.05) is 35.4 Å². The molecular formula is C39H36N4O. The average molecular weight is 577 g/mol.